The minimum absolute atomic E-state index is 0.0666. The Morgan fingerprint density at radius 3 is 1.75 bits per heavy atom. The summed E-state index contributed by atoms with van der Waals surface area (Å²) in [4.78, 5) is 21.2. The van der Waals surface area contributed by atoms with Crippen LogP contribution in [0, 0.1) is 5.41 Å². The third-order valence-electron chi connectivity index (χ3n) is 3.21. The lowest BCUT2D eigenvalue weighted by molar-refractivity contribution is -0.120. The smallest absolute Gasteiger partial charge is 0.220 e. The molecule has 1 saturated heterocycles. The van der Waals surface area contributed by atoms with Crippen LogP contribution >= 0.6 is 0 Å². The molecular weight excluding hydrogens is 202 g/mol. The zero-order valence-electron chi connectivity index (χ0n) is 10.9. The molecule has 1 saturated carbocycles. The number of amides is 1. The van der Waals surface area contributed by atoms with Gasteiger partial charge >= 0.3 is 0 Å². The van der Waals surface area contributed by atoms with Crippen LogP contribution in [0.5, 0.6) is 0 Å². The molecule has 16 heavy (non-hydrogen) atoms. The molecule has 0 spiro atoms. The second-order valence-corrected chi connectivity index (χ2v) is 6.31. The number of rotatable bonds is 0. The van der Waals surface area contributed by atoms with Crippen molar-refractivity contribution in [3.05, 3.63) is 0 Å². The average Bonchev–Trinajstić information content (AvgIpc) is 2.56. The van der Waals surface area contributed by atoms with E-state index in [-0.39, 0.29) is 11.4 Å². The molecule has 0 aromatic carbocycles. The summed E-state index contributed by atoms with van der Waals surface area (Å²) in [6.45, 7) is 8.38. The van der Waals surface area contributed by atoms with Crippen LogP contribution in [0.4, 0.5) is 0 Å². The highest BCUT2D eigenvalue weighted by atomic mass is 16.2. The van der Waals surface area contributed by atoms with Crippen LogP contribution in [-0.4, -0.2) is 17.2 Å². The lowest BCUT2D eigenvalue weighted by Crippen LogP contribution is -2.34. The minimum Gasteiger partial charge on any atom is -0.351 e. The summed E-state index contributed by atoms with van der Waals surface area (Å²) in [5.74, 6) is 0.630. The van der Waals surface area contributed by atoms with Gasteiger partial charge in [-0.25, -0.2) is 0 Å². The van der Waals surface area contributed by atoms with Crippen molar-refractivity contribution in [1.82, 2.24) is 5.32 Å². The van der Waals surface area contributed by atoms with E-state index in [0.717, 1.165) is 25.7 Å². The van der Waals surface area contributed by atoms with E-state index in [1.54, 1.807) is 0 Å². The van der Waals surface area contributed by atoms with Crippen molar-refractivity contribution in [1.29, 1.82) is 0 Å². The fourth-order valence-electron chi connectivity index (χ4n) is 2.12. The van der Waals surface area contributed by atoms with Crippen LogP contribution in [0.25, 0.3) is 0 Å². The molecule has 1 aliphatic carbocycles. The number of carbonyl (C=O) groups is 2. The average molecular weight is 225 g/mol. The lowest BCUT2D eigenvalue weighted by atomic mass is 9.92. The van der Waals surface area contributed by atoms with Crippen molar-refractivity contribution in [2.45, 2.75) is 65.3 Å². The van der Waals surface area contributed by atoms with Gasteiger partial charge in [0.15, 0.2) is 0 Å². The number of carbonyl (C=O) groups excluding carboxylic acids is 2. The highest BCUT2D eigenvalue weighted by Crippen LogP contribution is 2.33. The SMILES string of the molecule is CC1(C)CCC(=O)C1.CC1(C)CCC(=O)N1. The molecule has 1 N–H and O–H groups in total. The molecule has 3 nitrogen and oxygen atoms in total. The standard InChI is InChI=1S/C7H12O.C6H11NO/c1-7(2)4-3-6(8)5-7;1-6(2)4-3-5(8)7-6/h3-5H2,1-2H3;3-4H2,1-2H3,(H,7,8). The largest absolute Gasteiger partial charge is 0.351 e. The molecular formula is C13H23NO2. The molecule has 0 radical (unpaired) electrons. The predicted molar refractivity (Wildman–Crippen MR) is 64.1 cm³/mol. The van der Waals surface area contributed by atoms with Crippen molar-refractivity contribution in [2.24, 2.45) is 5.41 Å². The van der Waals surface area contributed by atoms with E-state index in [4.69, 9.17) is 0 Å². The third-order valence-corrected chi connectivity index (χ3v) is 3.21. The van der Waals surface area contributed by atoms with Crippen LogP contribution in [0.3, 0.4) is 0 Å². The molecule has 0 aromatic rings. The Labute approximate surface area is 98.0 Å². The molecule has 0 bridgehead atoms. The molecule has 0 atom stereocenters. The monoisotopic (exact) mass is 225 g/mol. The van der Waals surface area contributed by atoms with Gasteiger partial charge in [-0.15, -0.1) is 0 Å². The van der Waals surface area contributed by atoms with Gasteiger partial charge in [-0.3, -0.25) is 9.59 Å². The zero-order valence-corrected chi connectivity index (χ0v) is 10.9. The Kier molecular flexibility index (Phi) is 3.76. The van der Waals surface area contributed by atoms with Gasteiger partial charge in [-0.05, 0) is 32.1 Å². The minimum atomic E-state index is 0.0666. The van der Waals surface area contributed by atoms with Gasteiger partial charge in [0.2, 0.25) is 5.91 Å². The van der Waals surface area contributed by atoms with Gasteiger partial charge in [-0.1, -0.05) is 13.8 Å². The van der Waals surface area contributed by atoms with Crippen LogP contribution in [0.2, 0.25) is 0 Å². The molecule has 2 aliphatic rings. The maximum Gasteiger partial charge on any atom is 0.220 e. The Morgan fingerprint density at radius 2 is 1.62 bits per heavy atom. The Bertz CT molecular complexity index is 262. The first-order chi connectivity index (χ1) is 7.20. The summed E-state index contributed by atoms with van der Waals surface area (Å²) in [7, 11) is 0. The quantitative estimate of drug-likeness (QED) is 0.688. The van der Waals surface area contributed by atoms with Crippen molar-refractivity contribution in [3.8, 4) is 0 Å². The molecule has 0 aromatic heterocycles. The fourth-order valence-corrected chi connectivity index (χ4v) is 2.12. The normalized spacial score (nSPS) is 26.0. The number of hydrogen-bond acceptors (Lipinski definition) is 2. The van der Waals surface area contributed by atoms with Gasteiger partial charge in [-0.2, -0.15) is 0 Å². The molecule has 1 amide bonds. The zero-order chi connectivity index (χ0) is 12.4. The summed E-state index contributed by atoms with van der Waals surface area (Å²) in [5.41, 5.74) is 0.383. The van der Waals surface area contributed by atoms with Crippen molar-refractivity contribution in [2.75, 3.05) is 0 Å². The predicted octanol–water partition coefficient (Wildman–Crippen LogP) is 2.44. The van der Waals surface area contributed by atoms with Gasteiger partial charge in [0.1, 0.15) is 5.78 Å². The first-order valence-corrected chi connectivity index (χ1v) is 6.03. The van der Waals surface area contributed by atoms with Crippen molar-refractivity contribution in [3.63, 3.8) is 0 Å². The van der Waals surface area contributed by atoms with Crippen LogP contribution < -0.4 is 5.32 Å². The van der Waals surface area contributed by atoms with E-state index >= 15 is 0 Å². The summed E-state index contributed by atoms with van der Waals surface area (Å²) in [6.07, 6.45) is 4.38. The van der Waals surface area contributed by atoms with E-state index in [2.05, 4.69) is 19.2 Å². The third kappa shape index (κ3) is 4.33. The molecule has 1 heterocycles. The maximum absolute atomic E-state index is 10.7. The summed E-state index contributed by atoms with van der Waals surface area (Å²) >= 11 is 0. The number of hydrogen-bond donors (Lipinski definition) is 1. The van der Waals surface area contributed by atoms with E-state index < -0.39 is 0 Å². The van der Waals surface area contributed by atoms with Gasteiger partial charge in [0.05, 0.1) is 0 Å². The Balaban J connectivity index is 0.000000160. The summed E-state index contributed by atoms with van der Waals surface area (Å²) in [5, 5.41) is 2.85. The van der Waals surface area contributed by atoms with E-state index in [0.29, 0.717) is 17.6 Å². The lowest BCUT2D eigenvalue weighted by Gasteiger charge is -2.15. The molecule has 1 aliphatic heterocycles. The van der Waals surface area contributed by atoms with E-state index in [1.807, 2.05) is 13.8 Å². The molecule has 0 unspecified atom stereocenters. The maximum atomic E-state index is 10.7. The summed E-state index contributed by atoms with van der Waals surface area (Å²) in [6, 6.07) is 0. The number of ketones is 1. The highest BCUT2D eigenvalue weighted by Gasteiger charge is 2.28. The van der Waals surface area contributed by atoms with Gasteiger partial charge < -0.3 is 5.32 Å². The highest BCUT2D eigenvalue weighted by molar-refractivity contribution is 5.81. The van der Waals surface area contributed by atoms with Gasteiger partial charge in [0, 0.05) is 24.8 Å². The second kappa shape index (κ2) is 4.56. The molecule has 2 fully saturated rings. The van der Waals surface area contributed by atoms with Crippen LogP contribution in [0.1, 0.15) is 59.8 Å². The number of Topliss-reactive ketones (excluding diaryl/α,β-unsaturated/α-hetero) is 1. The van der Waals surface area contributed by atoms with Gasteiger partial charge in [0.25, 0.3) is 0 Å². The summed E-state index contributed by atoms with van der Waals surface area (Å²) < 4.78 is 0. The first-order valence-electron chi connectivity index (χ1n) is 6.03. The topological polar surface area (TPSA) is 46.2 Å². The molecule has 3 heteroatoms. The first kappa shape index (κ1) is 13.2. The fraction of sp³-hybridized carbons (Fsp3) is 0.846. The molecule has 92 valence electrons. The number of nitrogens with one attached hydrogen (secondary N) is 1. The van der Waals surface area contributed by atoms with Crippen LogP contribution in [0.15, 0.2) is 0 Å². The van der Waals surface area contributed by atoms with Crippen molar-refractivity contribution < 1.29 is 9.59 Å². The van der Waals surface area contributed by atoms with E-state index in [9.17, 15) is 9.59 Å². The Morgan fingerprint density at radius 1 is 1.00 bits per heavy atom. The van der Waals surface area contributed by atoms with Crippen molar-refractivity contribution >= 4 is 11.7 Å². The second-order valence-electron chi connectivity index (χ2n) is 6.31. The Hall–Kier alpha value is -0.860. The van der Waals surface area contributed by atoms with E-state index in [1.165, 1.54) is 0 Å². The van der Waals surface area contributed by atoms with Crippen LogP contribution in [-0.2, 0) is 9.59 Å². The molecule has 2 rings (SSSR count).